The van der Waals surface area contributed by atoms with Crippen molar-refractivity contribution in [3.8, 4) is 11.5 Å². The van der Waals surface area contributed by atoms with Crippen LogP contribution in [0.3, 0.4) is 0 Å². The van der Waals surface area contributed by atoms with Gasteiger partial charge in [-0.2, -0.15) is 0 Å². The van der Waals surface area contributed by atoms with E-state index in [1.54, 1.807) is 0 Å². The van der Waals surface area contributed by atoms with Crippen molar-refractivity contribution < 1.29 is 9.90 Å². The summed E-state index contributed by atoms with van der Waals surface area (Å²) >= 11 is -0.463. The first-order valence-corrected chi connectivity index (χ1v) is 11.7. The van der Waals surface area contributed by atoms with Crippen LogP contribution in [0.2, 0.25) is 10.4 Å². The number of aryl methyl sites for hydroxylation is 3. The van der Waals surface area contributed by atoms with E-state index in [0.29, 0.717) is 23.1 Å². The van der Waals surface area contributed by atoms with E-state index < -0.39 is 33.0 Å². The van der Waals surface area contributed by atoms with Crippen LogP contribution in [-0.4, -0.2) is 46.3 Å². The second-order valence-electron chi connectivity index (χ2n) is 6.51. The van der Waals surface area contributed by atoms with E-state index in [1.807, 2.05) is 30.5 Å². The van der Waals surface area contributed by atoms with Gasteiger partial charge < -0.3 is 0 Å². The molecule has 0 saturated carbocycles. The fourth-order valence-electron chi connectivity index (χ4n) is 2.99. The standard InChI is InChI=1S/C18H21AsN4O4/c1-10-7-12-13(8-11(10)2)23(6-4-3-5-19-9-14(24)25)16-15(20-12)17(26)22-18(27)21-16/h7-8,19H,3-6,9H2,1-2H3,(H,24,25)(H,22,26,27). The first-order chi connectivity index (χ1) is 12.9. The number of benzene rings is 1. The van der Waals surface area contributed by atoms with Gasteiger partial charge in [-0.25, -0.2) is 0 Å². The molecule has 142 valence electrons. The molecular formula is C18H21AsN4O4. The summed E-state index contributed by atoms with van der Waals surface area (Å²) in [5, 5.41) is 9.97. The van der Waals surface area contributed by atoms with Gasteiger partial charge in [-0.05, 0) is 0 Å². The SMILES string of the molecule is Cc1cc2nc3c(=O)[nH]c(=O)nc-3n(CCCC[AsH]CC(=O)O)c2cc1C. The Kier molecular flexibility index (Phi) is 5.75. The summed E-state index contributed by atoms with van der Waals surface area (Å²) in [6.07, 6.45) is 1.72. The number of aliphatic carboxylic acids is 1. The molecule has 0 aliphatic carbocycles. The number of carbonyl (C=O) groups is 1. The van der Waals surface area contributed by atoms with Gasteiger partial charge in [0.2, 0.25) is 0 Å². The van der Waals surface area contributed by atoms with Gasteiger partial charge in [0.05, 0.1) is 0 Å². The number of unbranched alkanes of at least 4 members (excludes halogenated alkanes) is 1. The number of hydrogen-bond donors (Lipinski definition) is 2. The molecule has 2 heterocycles. The second-order valence-corrected chi connectivity index (χ2v) is 9.35. The Bertz CT molecular complexity index is 1090. The summed E-state index contributed by atoms with van der Waals surface area (Å²) in [5.74, 6) is -0.436. The summed E-state index contributed by atoms with van der Waals surface area (Å²) in [5.41, 5.74) is 2.64. The van der Waals surface area contributed by atoms with E-state index in [2.05, 4.69) is 15.0 Å². The zero-order valence-corrected chi connectivity index (χ0v) is 17.3. The third-order valence-corrected chi connectivity index (χ3v) is 7.13. The van der Waals surface area contributed by atoms with Gasteiger partial charge in [0.1, 0.15) is 0 Å². The van der Waals surface area contributed by atoms with Crippen molar-refractivity contribution >= 4 is 32.8 Å². The Morgan fingerprint density at radius 1 is 1.19 bits per heavy atom. The molecule has 0 amide bonds. The van der Waals surface area contributed by atoms with E-state index in [0.717, 1.165) is 34.7 Å². The zero-order chi connectivity index (χ0) is 19.6. The van der Waals surface area contributed by atoms with E-state index in [4.69, 9.17) is 5.11 Å². The van der Waals surface area contributed by atoms with Gasteiger partial charge in [0.15, 0.2) is 0 Å². The third kappa shape index (κ3) is 4.27. The number of carboxylic acids is 1. The molecule has 0 bridgehead atoms. The minimum absolute atomic E-state index is 0.157. The molecule has 0 spiro atoms. The molecule has 9 heteroatoms. The summed E-state index contributed by atoms with van der Waals surface area (Å²) < 4.78 is 1.89. The molecule has 0 fully saturated rings. The van der Waals surface area contributed by atoms with Crippen LogP contribution in [-0.2, 0) is 11.3 Å². The topological polar surface area (TPSA) is 118 Å². The average molecular weight is 432 g/mol. The molecule has 0 radical (unpaired) electrons. The molecule has 1 aromatic rings. The number of rotatable bonds is 7. The summed E-state index contributed by atoms with van der Waals surface area (Å²) in [6.45, 7) is 4.58. The summed E-state index contributed by atoms with van der Waals surface area (Å²) in [4.78, 5) is 45.2. The molecular weight excluding hydrogens is 411 g/mol. The van der Waals surface area contributed by atoms with Crippen LogP contribution in [0.25, 0.3) is 22.6 Å². The van der Waals surface area contributed by atoms with Gasteiger partial charge in [-0.1, -0.05) is 0 Å². The molecule has 8 nitrogen and oxygen atoms in total. The molecule has 2 aliphatic heterocycles. The van der Waals surface area contributed by atoms with Crippen LogP contribution in [0.5, 0.6) is 0 Å². The number of hydrogen-bond acceptors (Lipinski definition) is 5. The molecule has 27 heavy (non-hydrogen) atoms. The van der Waals surface area contributed by atoms with Crippen LogP contribution >= 0.6 is 0 Å². The van der Waals surface area contributed by atoms with Crippen molar-refractivity contribution in [2.75, 3.05) is 0 Å². The van der Waals surface area contributed by atoms with Crippen molar-refractivity contribution in [2.45, 2.75) is 43.7 Å². The fourth-order valence-corrected chi connectivity index (χ4v) is 4.86. The minimum atomic E-state index is -0.729. The fraction of sp³-hybridized carbons (Fsp3) is 0.389. The van der Waals surface area contributed by atoms with Crippen LogP contribution in [0.1, 0.15) is 24.0 Å². The first kappa shape index (κ1) is 19.3. The first-order valence-electron chi connectivity index (χ1n) is 8.71. The quantitative estimate of drug-likeness (QED) is 0.331. The van der Waals surface area contributed by atoms with E-state index >= 15 is 0 Å². The number of aromatic amines is 1. The average Bonchev–Trinajstić information content (AvgIpc) is 2.59. The Hall–Kier alpha value is -2.47. The number of H-pyrrole nitrogens is 1. The Balaban J connectivity index is 1.99. The second kappa shape index (κ2) is 8.04. The van der Waals surface area contributed by atoms with Gasteiger partial charge in [0, 0.05) is 0 Å². The number of fused-ring (bicyclic) bond motifs is 2. The predicted octanol–water partition coefficient (Wildman–Crippen LogP) is 1.34. The van der Waals surface area contributed by atoms with Gasteiger partial charge in [-0.15, -0.1) is 0 Å². The van der Waals surface area contributed by atoms with Crippen molar-refractivity contribution in [2.24, 2.45) is 0 Å². The van der Waals surface area contributed by atoms with Crippen LogP contribution in [0.15, 0.2) is 21.7 Å². The monoisotopic (exact) mass is 432 g/mol. The molecule has 1 unspecified atom stereocenters. The molecule has 2 aliphatic rings. The van der Waals surface area contributed by atoms with Crippen LogP contribution in [0, 0.1) is 13.8 Å². The maximum absolute atomic E-state index is 12.2. The molecule has 1 atom stereocenters. The zero-order valence-electron chi connectivity index (χ0n) is 15.2. The number of aromatic nitrogens is 4. The molecule has 3 rings (SSSR count). The molecule has 0 saturated heterocycles. The summed E-state index contributed by atoms with van der Waals surface area (Å²) in [7, 11) is 0. The van der Waals surface area contributed by atoms with Crippen molar-refractivity contribution in [3.63, 3.8) is 0 Å². The number of nitrogens with zero attached hydrogens (tertiary/aromatic N) is 3. The van der Waals surface area contributed by atoms with Crippen LogP contribution in [0.4, 0.5) is 0 Å². The van der Waals surface area contributed by atoms with E-state index in [1.165, 1.54) is 0 Å². The molecule has 2 N–H and O–H groups in total. The number of nitrogens with one attached hydrogen (secondary N) is 1. The van der Waals surface area contributed by atoms with Gasteiger partial charge in [0.25, 0.3) is 0 Å². The van der Waals surface area contributed by atoms with Crippen molar-refractivity contribution in [1.29, 1.82) is 0 Å². The van der Waals surface area contributed by atoms with Crippen LogP contribution < -0.4 is 11.2 Å². The van der Waals surface area contributed by atoms with E-state index in [9.17, 15) is 14.4 Å². The Labute approximate surface area is 161 Å². The molecule has 0 aromatic heterocycles. The van der Waals surface area contributed by atoms with Crippen molar-refractivity contribution in [1.82, 2.24) is 19.5 Å². The third-order valence-electron chi connectivity index (χ3n) is 4.49. The van der Waals surface area contributed by atoms with Gasteiger partial charge in [-0.3, -0.25) is 0 Å². The predicted molar refractivity (Wildman–Crippen MR) is 104 cm³/mol. The van der Waals surface area contributed by atoms with Crippen molar-refractivity contribution in [3.05, 3.63) is 44.1 Å². The number of carboxylic acid groups (broad SMARTS) is 1. The van der Waals surface area contributed by atoms with Gasteiger partial charge >= 0.3 is 161 Å². The molecule has 1 aromatic carbocycles. The Morgan fingerprint density at radius 2 is 1.93 bits per heavy atom. The maximum atomic E-state index is 12.2. The summed E-state index contributed by atoms with van der Waals surface area (Å²) in [6, 6.07) is 3.94. The normalized spacial score (nSPS) is 11.8. The Morgan fingerprint density at radius 3 is 2.67 bits per heavy atom. The van der Waals surface area contributed by atoms with E-state index in [-0.39, 0.29) is 5.69 Å².